The van der Waals surface area contributed by atoms with Crippen LogP contribution in [0.2, 0.25) is 10.0 Å². The van der Waals surface area contributed by atoms with Crippen molar-refractivity contribution in [2.75, 3.05) is 0 Å². The summed E-state index contributed by atoms with van der Waals surface area (Å²) >= 11 is 14.3. The number of nitrogens with zero attached hydrogens (tertiary/aromatic N) is 1. The molecule has 0 aliphatic carbocycles. The van der Waals surface area contributed by atoms with Crippen molar-refractivity contribution in [3.05, 3.63) is 86.4 Å². The number of benzene rings is 2. The van der Waals surface area contributed by atoms with Gasteiger partial charge < -0.3 is 4.42 Å². The van der Waals surface area contributed by atoms with Gasteiger partial charge in [0.05, 0.1) is 21.5 Å². The van der Waals surface area contributed by atoms with E-state index >= 15 is 0 Å². The maximum absolute atomic E-state index is 12.7. The highest BCUT2D eigenvalue weighted by Crippen LogP contribution is 2.35. The van der Waals surface area contributed by atoms with E-state index in [1.54, 1.807) is 30.3 Å². The first-order chi connectivity index (χ1) is 14.4. The van der Waals surface area contributed by atoms with Crippen LogP contribution >= 0.6 is 46.7 Å². The molecule has 0 N–H and O–H groups in total. The smallest absolute Gasteiger partial charge is 0.293 e. The number of hydrogen-bond acceptors (Lipinski definition) is 5. The fourth-order valence-electron chi connectivity index (χ4n) is 2.78. The van der Waals surface area contributed by atoms with E-state index < -0.39 is 0 Å². The highest BCUT2D eigenvalue weighted by Gasteiger charge is 2.35. The Labute approximate surface area is 192 Å². The molecule has 0 bridgehead atoms. The van der Waals surface area contributed by atoms with Crippen molar-refractivity contribution >= 4 is 63.9 Å². The van der Waals surface area contributed by atoms with Gasteiger partial charge in [-0.15, -0.1) is 0 Å². The maximum Gasteiger partial charge on any atom is 0.293 e. The molecule has 0 saturated carbocycles. The summed E-state index contributed by atoms with van der Waals surface area (Å²) < 4.78 is 5.80. The number of halogens is 2. The predicted octanol–water partition coefficient (Wildman–Crippen LogP) is 7.28. The molecule has 1 aliphatic rings. The average Bonchev–Trinajstić information content (AvgIpc) is 3.26. The second-order valence-corrected chi connectivity index (χ2v) is 9.47. The lowest BCUT2D eigenvalue weighted by Crippen LogP contribution is -2.27. The van der Waals surface area contributed by atoms with Gasteiger partial charge in [0.25, 0.3) is 11.1 Å². The first-order valence-electron chi connectivity index (χ1n) is 8.93. The molecule has 0 unspecified atom stereocenters. The number of furan rings is 1. The van der Waals surface area contributed by atoms with Crippen molar-refractivity contribution < 1.29 is 14.0 Å². The molecule has 2 amide bonds. The molecule has 2 aromatic carbocycles. The quantitative estimate of drug-likeness (QED) is 0.362. The van der Waals surface area contributed by atoms with Crippen molar-refractivity contribution in [2.45, 2.75) is 23.5 Å². The number of carbonyl (C=O) groups is 2. The minimum Gasteiger partial charge on any atom is -0.450 e. The van der Waals surface area contributed by atoms with Gasteiger partial charge in [-0.05, 0) is 60.6 Å². The van der Waals surface area contributed by atoms with Gasteiger partial charge in [-0.2, -0.15) is 0 Å². The standard InChI is InChI=1S/C22H15Cl2NO3S2/c1-13-2-6-16(7-3-13)29-20-9-5-15(28-20)11-19-21(26)25(22(27)30-19)12-14-4-8-17(23)18(24)10-14/h2-11H,12H2,1H3/b19-11+. The molecule has 4 rings (SSSR count). The second-order valence-electron chi connectivity index (χ2n) is 6.59. The monoisotopic (exact) mass is 475 g/mol. The molecule has 3 aromatic rings. The molecule has 8 heteroatoms. The van der Waals surface area contributed by atoms with E-state index in [-0.39, 0.29) is 17.7 Å². The Balaban J connectivity index is 1.47. The summed E-state index contributed by atoms with van der Waals surface area (Å²) in [5.74, 6) is 0.157. The van der Waals surface area contributed by atoms with E-state index in [0.717, 1.165) is 22.2 Å². The van der Waals surface area contributed by atoms with Gasteiger partial charge in [-0.1, -0.05) is 58.7 Å². The normalized spacial score (nSPS) is 15.4. The number of carbonyl (C=O) groups excluding carboxylic acids is 2. The van der Waals surface area contributed by atoms with Crippen LogP contribution in [-0.4, -0.2) is 16.0 Å². The first kappa shape index (κ1) is 21.1. The Morgan fingerprint density at radius 3 is 2.53 bits per heavy atom. The van der Waals surface area contributed by atoms with E-state index in [9.17, 15) is 9.59 Å². The Hall–Kier alpha value is -2.12. The Bertz CT molecular complexity index is 1160. The molecule has 4 nitrogen and oxygen atoms in total. The van der Waals surface area contributed by atoms with Crippen LogP contribution in [0.5, 0.6) is 0 Å². The number of aryl methyl sites for hydroxylation is 1. The van der Waals surface area contributed by atoms with Gasteiger partial charge in [0, 0.05) is 11.0 Å². The van der Waals surface area contributed by atoms with Crippen molar-refractivity contribution in [1.29, 1.82) is 0 Å². The highest BCUT2D eigenvalue weighted by molar-refractivity contribution is 8.18. The first-order valence-corrected chi connectivity index (χ1v) is 11.3. The fraction of sp³-hybridized carbons (Fsp3) is 0.0909. The van der Waals surface area contributed by atoms with E-state index in [1.165, 1.54) is 22.2 Å². The molecule has 0 radical (unpaired) electrons. The summed E-state index contributed by atoms with van der Waals surface area (Å²) in [7, 11) is 0. The number of thioether (sulfide) groups is 1. The SMILES string of the molecule is Cc1ccc(Sc2ccc(/C=C3/SC(=O)N(Cc4ccc(Cl)c(Cl)c4)C3=O)o2)cc1. The highest BCUT2D eigenvalue weighted by atomic mass is 35.5. The Morgan fingerprint density at radius 1 is 1.03 bits per heavy atom. The number of imide groups is 1. The lowest BCUT2D eigenvalue weighted by Gasteiger charge is -2.12. The molecular formula is C22H15Cl2NO3S2. The van der Waals surface area contributed by atoms with Gasteiger partial charge in [0.1, 0.15) is 5.76 Å². The zero-order valence-corrected chi connectivity index (χ0v) is 18.9. The van der Waals surface area contributed by atoms with Crippen molar-refractivity contribution in [2.24, 2.45) is 0 Å². The molecule has 1 aromatic heterocycles. The third-order valence-corrected chi connectivity index (χ3v) is 6.89. The number of rotatable bonds is 5. The largest absolute Gasteiger partial charge is 0.450 e. The molecule has 1 fully saturated rings. The molecule has 152 valence electrons. The molecule has 2 heterocycles. The van der Waals surface area contributed by atoms with Crippen LogP contribution in [0.25, 0.3) is 6.08 Å². The lowest BCUT2D eigenvalue weighted by molar-refractivity contribution is -0.123. The van der Waals surface area contributed by atoms with Gasteiger partial charge in [-0.3, -0.25) is 14.5 Å². The topological polar surface area (TPSA) is 50.5 Å². The van der Waals surface area contributed by atoms with E-state index in [0.29, 0.717) is 25.8 Å². The zero-order chi connectivity index (χ0) is 21.3. The Kier molecular flexibility index (Phi) is 6.29. The van der Waals surface area contributed by atoms with Crippen LogP contribution in [0.1, 0.15) is 16.9 Å². The van der Waals surface area contributed by atoms with Crippen LogP contribution in [-0.2, 0) is 11.3 Å². The van der Waals surface area contributed by atoms with Gasteiger partial charge in [-0.25, -0.2) is 0 Å². The van der Waals surface area contributed by atoms with Gasteiger partial charge in [0.15, 0.2) is 5.09 Å². The van der Waals surface area contributed by atoms with Crippen molar-refractivity contribution in [3.63, 3.8) is 0 Å². The molecule has 1 aliphatic heterocycles. The second kappa shape index (κ2) is 8.94. The molecule has 0 spiro atoms. The molecule has 0 atom stereocenters. The summed E-state index contributed by atoms with van der Waals surface area (Å²) in [6.07, 6.45) is 1.60. The summed E-state index contributed by atoms with van der Waals surface area (Å²) in [5, 5.41) is 1.18. The van der Waals surface area contributed by atoms with Crippen LogP contribution in [0, 0.1) is 6.92 Å². The van der Waals surface area contributed by atoms with Crippen molar-refractivity contribution in [1.82, 2.24) is 4.90 Å². The molecular weight excluding hydrogens is 461 g/mol. The fourth-order valence-corrected chi connectivity index (χ4v) is 4.69. The maximum atomic E-state index is 12.7. The minimum absolute atomic E-state index is 0.131. The van der Waals surface area contributed by atoms with Crippen LogP contribution in [0.15, 0.2) is 73.9 Å². The summed E-state index contributed by atoms with van der Waals surface area (Å²) in [5.41, 5.74) is 1.92. The Morgan fingerprint density at radius 2 is 1.80 bits per heavy atom. The summed E-state index contributed by atoms with van der Waals surface area (Å²) in [6.45, 7) is 2.17. The van der Waals surface area contributed by atoms with Crippen LogP contribution in [0.3, 0.4) is 0 Å². The summed E-state index contributed by atoms with van der Waals surface area (Å²) in [4.78, 5) is 27.6. The zero-order valence-electron chi connectivity index (χ0n) is 15.7. The third-order valence-electron chi connectivity index (χ3n) is 4.31. The van der Waals surface area contributed by atoms with E-state index in [1.807, 2.05) is 37.3 Å². The summed E-state index contributed by atoms with van der Waals surface area (Å²) in [6, 6.07) is 16.8. The molecule has 30 heavy (non-hydrogen) atoms. The van der Waals surface area contributed by atoms with E-state index in [4.69, 9.17) is 27.6 Å². The van der Waals surface area contributed by atoms with Crippen molar-refractivity contribution in [3.8, 4) is 0 Å². The minimum atomic E-state index is -0.361. The van der Waals surface area contributed by atoms with Crippen LogP contribution < -0.4 is 0 Å². The number of hydrogen-bond donors (Lipinski definition) is 0. The number of amides is 2. The predicted molar refractivity (Wildman–Crippen MR) is 122 cm³/mol. The van der Waals surface area contributed by atoms with Gasteiger partial charge >= 0.3 is 0 Å². The van der Waals surface area contributed by atoms with Gasteiger partial charge in [0.2, 0.25) is 0 Å². The average molecular weight is 476 g/mol. The van der Waals surface area contributed by atoms with E-state index in [2.05, 4.69) is 0 Å². The third kappa shape index (κ3) is 4.78. The molecule has 1 saturated heterocycles. The lowest BCUT2D eigenvalue weighted by atomic mass is 10.2. The van der Waals surface area contributed by atoms with Crippen LogP contribution in [0.4, 0.5) is 4.79 Å².